The molecule has 0 aliphatic carbocycles. The number of amides is 1. The van der Waals surface area contributed by atoms with Crippen molar-refractivity contribution in [3.05, 3.63) is 68.9 Å². The Morgan fingerprint density at radius 1 is 1.29 bits per heavy atom. The maximum absolute atomic E-state index is 13.3. The number of halogens is 3. The van der Waals surface area contributed by atoms with E-state index in [2.05, 4.69) is 33.1 Å². The van der Waals surface area contributed by atoms with Gasteiger partial charge in [0.25, 0.3) is 5.91 Å². The SMILES string of the molecule is O=C(NCC#Cc1ccccc1F)c1cc(Br)ccc1Cl. The molecule has 0 radical (unpaired) electrons. The zero-order valence-electron chi connectivity index (χ0n) is 10.8. The van der Waals surface area contributed by atoms with Gasteiger partial charge in [0.1, 0.15) is 5.82 Å². The van der Waals surface area contributed by atoms with Gasteiger partial charge in [0.15, 0.2) is 0 Å². The van der Waals surface area contributed by atoms with Gasteiger partial charge in [-0.2, -0.15) is 0 Å². The largest absolute Gasteiger partial charge is 0.341 e. The molecular formula is C16H10BrClFNO. The van der Waals surface area contributed by atoms with Gasteiger partial charge >= 0.3 is 0 Å². The van der Waals surface area contributed by atoms with Crippen LogP contribution in [0.4, 0.5) is 4.39 Å². The summed E-state index contributed by atoms with van der Waals surface area (Å²) in [5.74, 6) is 4.65. The van der Waals surface area contributed by atoms with Gasteiger partial charge in [-0.25, -0.2) is 4.39 Å². The lowest BCUT2D eigenvalue weighted by Crippen LogP contribution is -2.23. The van der Waals surface area contributed by atoms with Gasteiger partial charge in [0, 0.05) is 4.47 Å². The Kier molecular flexibility index (Phi) is 5.38. The van der Waals surface area contributed by atoms with E-state index < -0.39 is 0 Å². The third-order valence-electron chi connectivity index (χ3n) is 2.61. The minimum Gasteiger partial charge on any atom is -0.341 e. The maximum atomic E-state index is 13.3. The molecule has 0 heterocycles. The monoisotopic (exact) mass is 365 g/mol. The third kappa shape index (κ3) is 4.32. The van der Waals surface area contributed by atoms with Gasteiger partial charge in [-0.15, -0.1) is 0 Å². The van der Waals surface area contributed by atoms with Crippen LogP contribution >= 0.6 is 27.5 Å². The van der Waals surface area contributed by atoms with Crippen LogP contribution < -0.4 is 5.32 Å². The molecule has 2 rings (SSSR count). The van der Waals surface area contributed by atoms with Crippen LogP contribution in [0.2, 0.25) is 5.02 Å². The molecule has 0 unspecified atom stereocenters. The summed E-state index contributed by atoms with van der Waals surface area (Å²) in [7, 11) is 0. The summed E-state index contributed by atoms with van der Waals surface area (Å²) in [5.41, 5.74) is 0.658. The van der Waals surface area contributed by atoms with Crippen LogP contribution in [0.5, 0.6) is 0 Å². The molecule has 0 fully saturated rings. The van der Waals surface area contributed by atoms with Crippen molar-refractivity contribution in [2.24, 2.45) is 0 Å². The Hall–Kier alpha value is -1.83. The minimum absolute atomic E-state index is 0.107. The van der Waals surface area contributed by atoms with E-state index in [0.717, 1.165) is 4.47 Å². The summed E-state index contributed by atoms with van der Waals surface area (Å²) >= 11 is 9.23. The van der Waals surface area contributed by atoms with Crippen LogP contribution in [0.15, 0.2) is 46.9 Å². The van der Waals surface area contributed by atoms with Gasteiger partial charge in [0.2, 0.25) is 0 Å². The fourth-order valence-electron chi connectivity index (χ4n) is 1.59. The molecule has 0 aliphatic heterocycles. The number of nitrogens with one attached hydrogen (secondary N) is 1. The lowest BCUT2D eigenvalue weighted by molar-refractivity contribution is 0.0959. The molecule has 1 N–H and O–H groups in total. The van der Waals surface area contributed by atoms with E-state index in [4.69, 9.17) is 11.6 Å². The minimum atomic E-state index is -0.383. The van der Waals surface area contributed by atoms with Crippen LogP contribution in [0.25, 0.3) is 0 Å². The fourth-order valence-corrected chi connectivity index (χ4v) is 2.16. The Morgan fingerprint density at radius 2 is 2.05 bits per heavy atom. The Morgan fingerprint density at radius 3 is 2.81 bits per heavy atom. The predicted octanol–water partition coefficient (Wildman–Crippen LogP) is 4.02. The molecule has 2 aromatic rings. The van der Waals surface area contributed by atoms with Crippen molar-refractivity contribution < 1.29 is 9.18 Å². The van der Waals surface area contributed by atoms with E-state index in [1.54, 1.807) is 36.4 Å². The average molecular weight is 367 g/mol. The highest BCUT2D eigenvalue weighted by Gasteiger charge is 2.09. The zero-order valence-corrected chi connectivity index (χ0v) is 13.1. The van der Waals surface area contributed by atoms with Crippen LogP contribution in [-0.2, 0) is 0 Å². The van der Waals surface area contributed by atoms with E-state index >= 15 is 0 Å². The van der Waals surface area contributed by atoms with Crippen molar-refractivity contribution in [2.45, 2.75) is 0 Å². The van der Waals surface area contributed by atoms with Gasteiger partial charge in [-0.1, -0.05) is 51.5 Å². The third-order valence-corrected chi connectivity index (χ3v) is 3.43. The van der Waals surface area contributed by atoms with Crippen molar-refractivity contribution in [3.63, 3.8) is 0 Å². The van der Waals surface area contributed by atoms with Gasteiger partial charge in [-0.3, -0.25) is 4.79 Å². The molecule has 0 spiro atoms. The zero-order chi connectivity index (χ0) is 15.2. The highest BCUT2D eigenvalue weighted by Crippen LogP contribution is 2.20. The van der Waals surface area contributed by atoms with E-state index in [0.29, 0.717) is 16.1 Å². The van der Waals surface area contributed by atoms with E-state index in [1.807, 2.05) is 0 Å². The molecule has 0 saturated carbocycles. The topological polar surface area (TPSA) is 29.1 Å². The summed E-state index contributed by atoms with van der Waals surface area (Å²) < 4.78 is 14.1. The molecule has 21 heavy (non-hydrogen) atoms. The summed E-state index contributed by atoms with van der Waals surface area (Å²) in [4.78, 5) is 11.9. The molecule has 0 atom stereocenters. The smallest absolute Gasteiger partial charge is 0.253 e. The van der Waals surface area contributed by atoms with Gasteiger partial charge in [0.05, 0.1) is 22.7 Å². The Labute approximate surface area is 135 Å². The molecule has 106 valence electrons. The molecule has 0 aromatic heterocycles. The van der Waals surface area contributed by atoms with Crippen LogP contribution in [0, 0.1) is 17.7 Å². The Balaban J connectivity index is 2.00. The molecule has 0 aliphatic rings. The maximum Gasteiger partial charge on any atom is 0.253 e. The molecule has 0 saturated heterocycles. The lowest BCUT2D eigenvalue weighted by atomic mass is 10.2. The van der Waals surface area contributed by atoms with E-state index in [1.165, 1.54) is 6.07 Å². The number of carbonyl (C=O) groups is 1. The standard InChI is InChI=1S/C16H10BrClFNO/c17-12-7-8-14(18)13(10-12)16(21)20-9-3-5-11-4-1-2-6-15(11)19/h1-2,4,6-8,10H,9H2,(H,20,21). The summed E-state index contributed by atoms with van der Waals surface area (Å²) in [6, 6.07) is 11.2. The number of rotatable bonds is 2. The summed E-state index contributed by atoms with van der Waals surface area (Å²) in [6.07, 6.45) is 0. The first-order valence-corrected chi connectivity index (χ1v) is 7.21. The second kappa shape index (κ2) is 7.26. The summed E-state index contributed by atoms with van der Waals surface area (Å²) in [6.45, 7) is 0.107. The van der Waals surface area contributed by atoms with Crippen molar-refractivity contribution >= 4 is 33.4 Å². The normalized spacial score (nSPS) is 9.67. The number of benzene rings is 2. The van der Waals surface area contributed by atoms with Gasteiger partial charge in [-0.05, 0) is 30.3 Å². The first-order valence-electron chi connectivity index (χ1n) is 6.04. The van der Waals surface area contributed by atoms with Crippen molar-refractivity contribution in [2.75, 3.05) is 6.54 Å². The van der Waals surface area contributed by atoms with E-state index in [-0.39, 0.29) is 18.3 Å². The molecular weight excluding hydrogens is 357 g/mol. The molecule has 2 aromatic carbocycles. The second-order valence-electron chi connectivity index (χ2n) is 4.09. The molecule has 5 heteroatoms. The van der Waals surface area contributed by atoms with Crippen molar-refractivity contribution in [3.8, 4) is 11.8 Å². The highest BCUT2D eigenvalue weighted by molar-refractivity contribution is 9.10. The van der Waals surface area contributed by atoms with Crippen LogP contribution in [0.3, 0.4) is 0 Å². The summed E-state index contributed by atoms with van der Waals surface area (Å²) in [5, 5.41) is 2.98. The van der Waals surface area contributed by atoms with Crippen molar-refractivity contribution in [1.82, 2.24) is 5.32 Å². The molecule has 2 nitrogen and oxygen atoms in total. The number of hydrogen-bond donors (Lipinski definition) is 1. The lowest BCUT2D eigenvalue weighted by Gasteiger charge is -2.04. The van der Waals surface area contributed by atoms with Crippen LogP contribution in [-0.4, -0.2) is 12.5 Å². The first-order chi connectivity index (χ1) is 10.1. The second-order valence-corrected chi connectivity index (χ2v) is 5.41. The molecule has 1 amide bonds. The average Bonchev–Trinajstić information content (AvgIpc) is 2.47. The molecule has 0 bridgehead atoms. The van der Waals surface area contributed by atoms with Crippen LogP contribution in [0.1, 0.15) is 15.9 Å². The van der Waals surface area contributed by atoms with Gasteiger partial charge < -0.3 is 5.32 Å². The highest BCUT2D eigenvalue weighted by atomic mass is 79.9. The fraction of sp³-hybridized carbons (Fsp3) is 0.0625. The number of hydrogen-bond acceptors (Lipinski definition) is 1. The number of carbonyl (C=O) groups excluding carboxylic acids is 1. The quantitative estimate of drug-likeness (QED) is 0.799. The first kappa shape index (κ1) is 15.6. The van der Waals surface area contributed by atoms with Crippen molar-refractivity contribution in [1.29, 1.82) is 0 Å². The Bertz CT molecular complexity index is 737. The van der Waals surface area contributed by atoms with E-state index in [9.17, 15) is 9.18 Å². The predicted molar refractivity (Wildman–Crippen MR) is 84.8 cm³/mol.